The van der Waals surface area contributed by atoms with Crippen molar-refractivity contribution in [2.75, 3.05) is 26.7 Å². The van der Waals surface area contributed by atoms with E-state index in [0.29, 0.717) is 36.8 Å². The highest BCUT2D eigenvalue weighted by Gasteiger charge is 2.37. The summed E-state index contributed by atoms with van der Waals surface area (Å²) in [7, 11) is 1.55. The average molecular weight is 545 g/mol. The molecule has 0 saturated carbocycles. The molecule has 0 aromatic heterocycles. The predicted molar refractivity (Wildman–Crippen MR) is 135 cm³/mol. The van der Waals surface area contributed by atoms with Crippen LogP contribution in [-0.4, -0.2) is 53.6 Å². The first-order chi connectivity index (χ1) is 16.5. The molecule has 2 fully saturated rings. The Morgan fingerprint density at radius 1 is 1.09 bits per heavy atom. The van der Waals surface area contributed by atoms with E-state index in [1.807, 2.05) is 24.3 Å². The Bertz CT molecular complexity index is 1110. The summed E-state index contributed by atoms with van der Waals surface area (Å²) >= 11 is 4.25. The molecule has 178 valence electrons. The molecule has 9 heteroatoms. The number of thioether (sulfide) groups is 1. The minimum Gasteiger partial charge on any atom is -0.493 e. The van der Waals surface area contributed by atoms with Crippen LogP contribution in [0.5, 0.6) is 11.5 Å². The number of methoxy groups -OCH3 is 1. The summed E-state index contributed by atoms with van der Waals surface area (Å²) in [6, 6.07) is 13.1. The summed E-state index contributed by atoms with van der Waals surface area (Å²) in [5.41, 5.74) is 1.58. The largest absolute Gasteiger partial charge is 0.493 e. The van der Waals surface area contributed by atoms with Gasteiger partial charge in [-0.15, -0.1) is 0 Å². The fourth-order valence-electron chi connectivity index (χ4n) is 3.85. The molecule has 2 saturated heterocycles. The van der Waals surface area contributed by atoms with Crippen molar-refractivity contribution in [3.05, 3.63) is 63.0 Å². The van der Waals surface area contributed by atoms with E-state index in [4.69, 9.17) is 9.47 Å². The maximum atomic E-state index is 13.0. The van der Waals surface area contributed by atoms with Gasteiger partial charge in [0.25, 0.3) is 11.1 Å². The Morgan fingerprint density at radius 2 is 1.82 bits per heavy atom. The second kappa shape index (κ2) is 11.1. The number of hydrogen-bond donors (Lipinski definition) is 0. The minimum absolute atomic E-state index is 0.192. The van der Waals surface area contributed by atoms with E-state index in [1.165, 1.54) is 0 Å². The normalized spacial score (nSPS) is 17.4. The molecular weight excluding hydrogens is 520 g/mol. The maximum Gasteiger partial charge on any atom is 0.294 e. The summed E-state index contributed by atoms with van der Waals surface area (Å²) in [6.07, 6.45) is 4.62. The van der Waals surface area contributed by atoms with Crippen LogP contribution in [0.15, 0.2) is 51.8 Å². The Balaban J connectivity index is 1.52. The molecule has 2 aliphatic heterocycles. The lowest BCUT2D eigenvalue weighted by molar-refractivity contribution is -0.136. The molecule has 0 unspecified atom stereocenters. The van der Waals surface area contributed by atoms with Crippen LogP contribution in [0.4, 0.5) is 4.79 Å². The number of imide groups is 1. The Hall–Kier alpha value is -2.78. The van der Waals surface area contributed by atoms with Gasteiger partial charge >= 0.3 is 0 Å². The van der Waals surface area contributed by atoms with E-state index >= 15 is 0 Å². The molecule has 0 spiro atoms. The number of nitrogens with zero attached hydrogens (tertiary/aromatic N) is 2. The number of piperidine rings is 1. The number of halogens is 1. The maximum absolute atomic E-state index is 13.0. The number of carbonyl (C=O) groups excluding carboxylic acids is 3. The predicted octanol–water partition coefficient (Wildman–Crippen LogP) is 5.09. The number of likely N-dealkylation sites (tertiary alicyclic amines) is 1. The fraction of sp³-hybridized carbons (Fsp3) is 0.320. The molecule has 0 radical (unpaired) electrons. The minimum atomic E-state index is -0.470. The molecule has 34 heavy (non-hydrogen) atoms. The van der Waals surface area contributed by atoms with Gasteiger partial charge in [-0.1, -0.05) is 40.2 Å². The number of carbonyl (C=O) groups is 3. The smallest absolute Gasteiger partial charge is 0.294 e. The quantitative estimate of drug-likeness (QED) is 0.452. The zero-order valence-electron chi connectivity index (χ0n) is 18.8. The van der Waals surface area contributed by atoms with E-state index in [1.54, 1.807) is 36.3 Å². The van der Waals surface area contributed by atoms with Gasteiger partial charge in [-0.25, -0.2) is 0 Å². The van der Waals surface area contributed by atoms with Crippen LogP contribution in [0.25, 0.3) is 6.08 Å². The lowest BCUT2D eigenvalue weighted by Gasteiger charge is -2.27. The first-order valence-corrected chi connectivity index (χ1v) is 12.6. The van der Waals surface area contributed by atoms with E-state index in [-0.39, 0.29) is 17.4 Å². The van der Waals surface area contributed by atoms with Gasteiger partial charge in [0.1, 0.15) is 13.2 Å². The molecule has 3 amide bonds. The van der Waals surface area contributed by atoms with Crippen molar-refractivity contribution in [2.24, 2.45) is 0 Å². The van der Waals surface area contributed by atoms with Gasteiger partial charge in [0.15, 0.2) is 11.5 Å². The van der Waals surface area contributed by atoms with Crippen molar-refractivity contribution >= 4 is 50.8 Å². The van der Waals surface area contributed by atoms with Crippen molar-refractivity contribution in [3.63, 3.8) is 0 Å². The van der Waals surface area contributed by atoms with Gasteiger partial charge in [-0.3, -0.25) is 19.3 Å². The van der Waals surface area contributed by atoms with Gasteiger partial charge < -0.3 is 14.4 Å². The first-order valence-electron chi connectivity index (χ1n) is 11.0. The van der Waals surface area contributed by atoms with Crippen LogP contribution >= 0.6 is 27.7 Å². The summed E-state index contributed by atoms with van der Waals surface area (Å²) in [4.78, 5) is 41.1. The van der Waals surface area contributed by atoms with Gasteiger partial charge in [-0.2, -0.15) is 0 Å². The molecule has 7 nitrogen and oxygen atoms in total. The standard InChI is InChI=1S/C25H25BrN2O5S/c1-32-20-7-5-6-18(23(20)33-16-17-8-10-19(26)11-9-17)14-21-24(30)28(25(31)34-21)15-22(29)27-12-3-2-4-13-27/h5-11,14H,2-4,12-13,15-16H2,1H3/b21-14-. The molecule has 0 N–H and O–H groups in total. The first kappa shape index (κ1) is 24.3. The van der Waals surface area contributed by atoms with Crippen LogP contribution in [-0.2, 0) is 16.2 Å². The molecule has 2 heterocycles. The number of amides is 3. The molecule has 2 aliphatic rings. The highest BCUT2D eigenvalue weighted by molar-refractivity contribution is 9.10. The van der Waals surface area contributed by atoms with Gasteiger partial charge in [-0.05, 0) is 60.9 Å². The monoisotopic (exact) mass is 544 g/mol. The van der Waals surface area contributed by atoms with Crippen molar-refractivity contribution in [2.45, 2.75) is 25.9 Å². The Labute approximate surface area is 211 Å². The number of rotatable bonds is 7. The van der Waals surface area contributed by atoms with Crippen molar-refractivity contribution in [3.8, 4) is 11.5 Å². The second-order valence-electron chi connectivity index (χ2n) is 8.00. The van der Waals surface area contributed by atoms with Crippen molar-refractivity contribution in [1.29, 1.82) is 0 Å². The third-order valence-corrected chi connectivity index (χ3v) is 7.12. The second-order valence-corrected chi connectivity index (χ2v) is 9.91. The SMILES string of the molecule is COc1cccc(/C=C2\SC(=O)N(CC(=O)N3CCCCC3)C2=O)c1OCc1ccc(Br)cc1. The molecule has 2 aromatic rings. The zero-order valence-corrected chi connectivity index (χ0v) is 21.2. The molecule has 0 aliphatic carbocycles. The van der Waals surface area contributed by atoms with Crippen LogP contribution in [0, 0.1) is 0 Å². The van der Waals surface area contributed by atoms with Crippen LogP contribution < -0.4 is 9.47 Å². The average Bonchev–Trinajstić information content (AvgIpc) is 3.11. The van der Waals surface area contributed by atoms with E-state index in [0.717, 1.165) is 46.0 Å². The van der Waals surface area contributed by atoms with Crippen molar-refractivity contribution in [1.82, 2.24) is 9.80 Å². The highest BCUT2D eigenvalue weighted by atomic mass is 79.9. The Morgan fingerprint density at radius 3 is 2.53 bits per heavy atom. The van der Waals surface area contributed by atoms with E-state index < -0.39 is 11.1 Å². The topological polar surface area (TPSA) is 76.2 Å². The molecule has 0 bridgehead atoms. The number of para-hydroxylation sites is 1. The van der Waals surface area contributed by atoms with Gasteiger partial charge in [0, 0.05) is 23.1 Å². The summed E-state index contributed by atoms with van der Waals surface area (Å²) in [6.45, 7) is 1.43. The molecular formula is C25H25BrN2O5S. The van der Waals surface area contributed by atoms with Crippen molar-refractivity contribution < 1.29 is 23.9 Å². The molecule has 2 aromatic carbocycles. The van der Waals surface area contributed by atoms with E-state index in [2.05, 4.69) is 15.9 Å². The van der Waals surface area contributed by atoms with Gasteiger partial charge in [0.2, 0.25) is 5.91 Å². The third-order valence-electron chi connectivity index (χ3n) is 5.69. The van der Waals surface area contributed by atoms with Crippen LogP contribution in [0.1, 0.15) is 30.4 Å². The molecule has 0 atom stereocenters. The zero-order chi connectivity index (χ0) is 24.1. The Kier molecular flexibility index (Phi) is 7.95. The fourth-order valence-corrected chi connectivity index (χ4v) is 4.95. The van der Waals surface area contributed by atoms with Gasteiger partial charge in [0.05, 0.1) is 12.0 Å². The number of hydrogen-bond acceptors (Lipinski definition) is 6. The number of benzene rings is 2. The van der Waals surface area contributed by atoms with Crippen LogP contribution in [0.2, 0.25) is 0 Å². The van der Waals surface area contributed by atoms with Crippen LogP contribution in [0.3, 0.4) is 0 Å². The summed E-state index contributed by atoms with van der Waals surface area (Å²) in [5, 5.41) is -0.443. The summed E-state index contributed by atoms with van der Waals surface area (Å²) in [5.74, 6) is 0.333. The number of ether oxygens (including phenoxy) is 2. The summed E-state index contributed by atoms with van der Waals surface area (Å²) < 4.78 is 12.5. The third kappa shape index (κ3) is 5.64. The molecule has 4 rings (SSSR count). The highest BCUT2D eigenvalue weighted by Crippen LogP contribution is 2.37. The van der Waals surface area contributed by atoms with E-state index in [9.17, 15) is 14.4 Å². The lowest BCUT2D eigenvalue weighted by Crippen LogP contribution is -2.44. The lowest BCUT2D eigenvalue weighted by atomic mass is 10.1.